The number of nitrogens with one attached hydrogen (secondary N) is 1. The van der Waals surface area contributed by atoms with Gasteiger partial charge in [0.1, 0.15) is 11.6 Å². The molecule has 0 bridgehead atoms. The number of nitrogens with zero attached hydrogens (tertiary/aromatic N) is 1. The van der Waals surface area contributed by atoms with Gasteiger partial charge >= 0.3 is 12.1 Å². The van der Waals surface area contributed by atoms with Crippen molar-refractivity contribution in [2.45, 2.75) is 45.3 Å². The lowest BCUT2D eigenvalue weighted by atomic mass is 10.0. The second kappa shape index (κ2) is 6.81. The largest absolute Gasteiger partial charge is 0.467 e. The van der Waals surface area contributed by atoms with Crippen molar-refractivity contribution in [1.82, 2.24) is 0 Å². The van der Waals surface area contributed by atoms with Gasteiger partial charge in [-0.2, -0.15) is 0 Å². The number of carbonyl (C=O) groups excluding carboxylic acids is 2. The van der Waals surface area contributed by atoms with Crippen LogP contribution < -0.4 is 5.32 Å². The molecule has 0 aliphatic carbocycles. The molecule has 0 aromatic heterocycles. The third-order valence-corrected chi connectivity index (χ3v) is 3.31. The predicted octanol–water partition coefficient (Wildman–Crippen LogP) is 3.16. The van der Waals surface area contributed by atoms with E-state index in [9.17, 15) is 9.59 Å². The molecule has 124 valence electrons. The van der Waals surface area contributed by atoms with Gasteiger partial charge in [-0.3, -0.25) is 10.3 Å². The van der Waals surface area contributed by atoms with Crippen molar-refractivity contribution in [2.24, 2.45) is 4.99 Å². The van der Waals surface area contributed by atoms with Gasteiger partial charge in [0.05, 0.1) is 12.8 Å². The van der Waals surface area contributed by atoms with Crippen molar-refractivity contribution >= 4 is 23.5 Å². The smallest absolute Gasteiger partial charge is 0.412 e. The number of hydrogen-bond acceptors (Lipinski definition) is 5. The summed E-state index contributed by atoms with van der Waals surface area (Å²) in [6.45, 7) is 5.42. The normalized spacial score (nSPS) is 17.4. The van der Waals surface area contributed by atoms with Crippen molar-refractivity contribution in [3.63, 3.8) is 0 Å². The summed E-state index contributed by atoms with van der Waals surface area (Å²) in [5.41, 5.74) is 1.63. The predicted molar refractivity (Wildman–Crippen MR) is 87.9 cm³/mol. The summed E-state index contributed by atoms with van der Waals surface area (Å²) in [6.07, 6.45) is 0.753. The minimum atomic E-state index is -0.570. The van der Waals surface area contributed by atoms with Crippen LogP contribution in [0.2, 0.25) is 0 Å². The molecule has 2 rings (SSSR count). The average Bonchev–Trinajstić information content (AvgIpc) is 2.94. The minimum absolute atomic E-state index is 0.336. The first kappa shape index (κ1) is 17.0. The monoisotopic (exact) mass is 318 g/mol. The molecule has 6 nitrogen and oxygen atoms in total. The molecule has 0 fully saturated rings. The fourth-order valence-electron chi connectivity index (χ4n) is 2.36. The van der Waals surface area contributed by atoms with E-state index in [4.69, 9.17) is 9.47 Å². The molecule has 1 N–H and O–H groups in total. The van der Waals surface area contributed by atoms with Crippen molar-refractivity contribution in [1.29, 1.82) is 0 Å². The first-order valence-electron chi connectivity index (χ1n) is 7.54. The van der Waals surface area contributed by atoms with Crippen LogP contribution in [0.3, 0.4) is 0 Å². The Labute approximate surface area is 135 Å². The van der Waals surface area contributed by atoms with E-state index in [2.05, 4.69) is 10.3 Å². The summed E-state index contributed by atoms with van der Waals surface area (Å²) in [5.74, 6) is -0.336. The van der Waals surface area contributed by atoms with Gasteiger partial charge in [0.15, 0.2) is 0 Å². The van der Waals surface area contributed by atoms with Gasteiger partial charge in [-0.05, 0) is 39.7 Å². The van der Waals surface area contributed by atoms with Crippen LogP contribution in [0, 0.1) is 0 Å². The summed E-state index contributed by atoms with van der Waals surface area (Å²) < 4.78 is 10.0. The van der Waals surface area contributed by atoms with E-state index in [-0.39, 0.29) is 5.97 Å². The fourth-order valence-corrected chi connectivity index (χ4v) is 2.36. The maximum Gasteiger partial charge on any atom is 0.412 e. The van der Waals surface area contributed by atoms with Gasteiger partial charge < -0.3 is 9.47 Å². The van der Waals surface area contributed by atoms with E-state index in [1.807, 2.05) is 18.2 Å². The molecule has 1 heterocycles. The zero-order valence-corrected chi connectivity index (χ0v) is 13.9. The molecule has 0 spiro atoms. The van der Waals surface area contributed by atoms with Crippen LogP contribution in [0.25, 0.3) is 0 Å². The summed E-state index contributed by atoms with van der Waals surface area (Å²) in [7, 11) is 1.36. The summed E-state index contributed by atoms with van der Waals surface area (Å²) in [4.78, 5) is 28.0. The maximum atomic E-state index is 12.0. The van der Waals surface area contributed by atoms with Gasteiger partial charge in [0.2, 0.25) is 0 Å². The molecule has 1 aromatic carbocycles. The first-order chi connectivity index (χ1) is 10.8. The van der Waals surface area contributed by atoms with E-state index < -0.39 is 17.7 Å². The quantitative estimate of drug-likeness (QED) is 0.868. The Balaban J connectivity index is 2.18. The standard InChI is InChI=1S/C17H22N2O4/c1-17(2,3)23-16(21)19-12-8-6-5-7-11(12)13-9-10-14(18-13)15(20)22-4/h5-8,14H,9-10H2,1-4H3,(H,19,21). The van der Waals surface area contributed by atoms with Crippen LogP contribution in [-0.4, -0.2) is 36.5 Å². The van der Waals surface area contributed by atoms with Crippen molar-refractivity contribution in [2.75, 3.05) is 12.4 Å². The molecule has 1 amide bonds. The summed E-state index contributed by atoms with van der Waals surface area (Å²) >= 11 is 0. The zero-order chi connectivity index (χ0) is 17.0. The van der Waals surface area contributed by atoms with Crippen molar-refractivity contribution in [3.8, 4) is 0 Å². The fraction of sp³-hybridized carbons (Fsp3) is 0.471. The highest BCUT2D eigenvalue weighted by Crippen LogP contribution is 2.25. The number of para-hydroxylation sites is 1. The molecule has 23 heavy (non-hydrogen) atoms. The van der Waals surface area contributed by atoms with Crippen LogP contribution in [0.5, 0.6) is 0 Å². The number of esters is 1. The Morgan fingerprint density at radius 2 is 1.96 bits per heavy atom. The van der Waals surface area contributed by atoms with E-state index in [0.29, 0.717) is 18.5 Å². The molecule has 1 aliphatic rings. The molecule has 1 atom stereocenters. The average molecular weight is 318 g/mol. The lowest BCUT2D eigenvalue weighted by Gasteiger charge is -2.20. The van der Waals surface area contributed by atoms with Crippen LogP contribution in [-0.2, 0) is 14.3 Å². The van der Waals surface area contributed by atoms with Crippen LogP contribution in [0.4, 0.5) is 10.5 Å². The van der Waals surface area contributed by atoms with Crippen molar-refractivity contribution in [3.05, 3.63) is 29.8 Å². The summed E-state index contributed by atoms with van der Waals surface area (Å²) in [5, 5.41) is 2.74. The minimum Gasteiger partial charge on any atom is -0.467 e. The third kappa shape index (κ3) is 4.55. The number of hydrogen-bond donors (Lipinski definition) is 1. The number of amides is 1. The Hall–Kier alpha value is -2.37. The number of anilines is 1. The molecule has 1 unspecified atom stereocenters. The van der Waals surface area contributed by atoms with E-state index in [1.54, 1.807) is 26.8 Å². The number of rotatable bonds is 3. The number of benzene rings is 1. The molecule has 0 saturated carbocycles. The Morgan fingerprint density at radius 1 is 1.26 bits per heavy atom. The molecular weight excluding hydrogens is 296 g/mol. The molecule has 1 aliphatic heterocycles. The molecule has 0 saturated heterocycles. The summed E-state index contributed by atoms with van der Waals surface area (Å²) in [6, 6.07) is 6.87. The van der Waals surface area contributed by atoms with Gasteiger partial charge in [-0.1, -0.05) is 18.2 Å². The van der Waals surface area contributed by atoms with Crippen molar-refractivity contribution < 1.29 is 19.1 Å². The first-order valence-corrected chi connectivity index (χ1v) is 7.54. The van der Waals surface area contributed by atoms with Crippen LogP contribution in [0.15, 0.2) is 29.3 Å². The van der Waals surface area contributed by atoms with Gasteiger partial charge in [0, 0.05) is 11.3 Å². The van der Waals surface area contributed by atoms with Crippen LogP contribution in [0.1, 0.15) is 39.2 Å². The number of methoxy groups -OCH3 is 1. The number of carbonyl (C=O) groups is 2. The SMILES string of the molecule is COC(=O)C1CCC(c2ccccc2NC(=O)OC(C)(C)C)=N1. The molecular formula is C17H22N2O4. The lowest BCUT2D eigenvalue weighted by molar-refractivity contribution is -0.141. The number of ether oxygens (including phenoxy) is 2. The van der Waals surface area contributed by atoms with Gasteiger partial charge in [-0.25, -0.2) is 9.59 Å². The molecule has 1 aromatic rings. The van der Waals surface area contributed by atoms with Gasteiger partial charge in [0.25, 0.3) is 0 Å². The van der Waals surface area contributed by atoms with Crippen LogP contribution >= 0.6 is 0 Å². The molecule has 0 radical (unpaired) electrons. The van der Waals surface area contributed by atoms with Gasteiger partial charge in [-0.15, -0.1) is 0 Å². The highest BCUT2D eigenvalue weighted by Gasteiger charge is 2.27. The Kier molecular flexibility index (Phi) is 5.03. The number of aliphatic imine (C=N–C) groups is 1. The highest BCUT2D eigenvalue weighted by atomic mass is 16.6. The Bertz CT molecular complexity index is 632. The maximum absolute atomic E-state index is 12.0. The zero-order valence-electron chi connectivity index (χ0n) is 13.9. The highest BCUT2D eigenvalue weighted by molar-refractivity contribution is 6.09. The lowest BCUT2D eigenvalue weighted by Crippen LogP contribution is -2.27. The topological polar surface area (TPSA) is 77.0 Å². The molecule has 6 heteroatoms. The van der Waals surface area contributed by atoms with E-state index in [0.717, 1.165) is 11.3 Å². The third-order valence-electron chi connectivity index (χ3n) is 3.31. The second-order valence-electron chi connectivity index (χ2n) is 6.33. The van der Waals surface area contributed by atoms with E-state index >= 15 is 0 Å². The Morgan fingerprint density at radius 3 is 2.61 bits per heavy atom. The second-order valence-corrected chi connectivity index (χ2v) is 6.33. The van der Waals surface area contributed by atoms with E-state index in [1.165, 1.54) is 7.11 Å².